The molecule has 1 heterocycles. The normalized spacial score (nSPS) is 18.7. The molecule has 1 atom stereocenters. The SMILES string of the molecule is O=C1CC(c2ccccc2)COc2ccccc21. The fourth-order valence-electron chi connectivity index (χ4n) is 2.35. The molecule has 1 aliphatic rings. The summed E-state index contributed by atoms with van der Waals surface area (Å²) in [7, 11) is 0. The minimum absolute atomic E-state index is 0.145. The quantitative estimate of drug-likeness (QED) is 0.760. The number of hydrogen-bond donors (Lipinski definition) is 0. The maximum atomic E-state index is 12.2. The predicted molar refractivity (Wildman–Crippen MR) is 70.1 cm³/mol. The summed E-state index contributed by atoms with van der Waals surface area (Å²) < 4.78 is 5.77. The Bertz CT molecular complexity index is 560. The van der Waals surface area contributed by atoms with E-state index in [2.05, 4.69) is 12.1 Å². The van der Waals surface area contributed by atoms with Crippen molar-refractivity contribution in [3.63, 3.8) is 0 Å². The lowest BCUT2D eigenvalue weighted by atomic mass is 9.93. The highest BCUT2D eigenvalue weighted by molar-refractivity contribution is 5.99. The molecule has 18 heavy (non-hydrogen) atoms. The van der Waals surface area contributed by atoms with Crippen molar-refractivity contribution in [1.29, 1.82) is 0 Å². The molecule has 0 saturated heterocycles. The number of ketones is 1. The summed E-state index contributed by atoms with van der Waals surface area (Å²) in [5.74, 6) is 1.02. The largest absolute Gasteiger partial charge is 0.492 e. The van der Waals surface area contributed by atoms with Crippen LogP contribution in [0, 0.1) is 0 Å². The maximum absolute atomic E-state index is 12.2. The van der Waals surface area contributed by atoms with Gasteiger partial charge in [0, 0.05) is 12.3 Å². The zero-order chi connectivity index (χ0) is 12.4. The highest BCUT2D eigenvalue weighted by atomic mass is 16.5. The van der Waals surface area contributed by atoms with Crippen molar-refractivity contribution < 1.29 is 9.53 Å². The van der Waals surface area contributed by atoms with Gasteiger partial charge in [0.25, 0.3) is 0 Å². The average Bonchev–Trinajstić information content (AvgIpc) is 2.60. The van der Waals surface area contributed by atoms with Crippen LogP contribution < -0.4 is 4.74 Å². The van der Waals surface area contributed by atoms with Crippen molar-refractivity contribution in [2.24, 2.45) is 0 Å². The van der Waals surface area contributed by atoms with E-state index in [9.17, 15) is 4.79 Å². The number of ether oxygens (including phenoxy) is 1. The molecule has 0 saturated carbocycles. The van der Waals surface area contributed by atoms with Gasteiger partial charge in [0.2, 0.25) is 0 Å². The van der Waals surface area contributed by atoms with Crippen molar-refractivity contribution in [3.05, 3.63) is 65.7 Å². The van der Waals surface area contributed by atoms with Crippen LogP contribution in [0.1, 0.15) is 28.3 Å². The summed E-state index contributed by atoms with van der Waals surface area (Å²) in [4.78, 5) is 12.2. The molecule has 0 amide bonds. The lowest BCUT2D eigenvalue weighted by Gasteiger charge is -2.13. The Morgan fingerprint density at radius 1 is 0.944 bits per heavy atom. The molecule has 90 valence electrons. The van der Waals surface area contributed by atoms with Crippen LogP contribution in [0.15, 0.2) is 54.6 Å². The topological polar surface area (TPSA) is 26.3 Å². The van der Waals surface area contributed by atoms with E-state index in [1.54, 1.807) is 0 Å². The molecule has 0 fully saturated rings. The van der Waals surface area contributed by atoms with Gasteiger partial charge in [0.15, 0.2) is 5.78 Å². The van der Waals surface area contributed by atoms with Crippen LogP contribution in [0.2, 0.25) is 0 Å². The second kappa shape index (κ2) is 4.65. The number of fused-ring (bicyclic) bond motifs is 1. The summed E-state index contributed by atoms with van der Waals surface area (Å²) in [6, 6.07) is 17.6. The smallest absolute Gasteiger partial charge is 0.167 e. The molecule has 0 N–H and O–H groups in total. The molecule has 2 nitrogen and oxygen atoms in total. The van der Waals surface area contributed by atoms with Gasteiger partial charge in [-0.05, 0) is 17.7 Å². The van der Waals surface area contributed by atoms with Crippen molar-refractivity contribution in [1.82, 2.24) is 0 Å². The molecule has 0 bridgehead atoms. The van der Waals surface area contributed by atoms with Crippen molar-refractivity contribution in [2.75, 3.05) is 6.61 Å². The van der Waals surface area contributed by atoms with Crippen LogP contribution in [0.3, 0.4) is 0 Å². The van der Waals surface area contributed by atoms with Crippen LogP contribution >= 0.6 is 0 Å². The molecule has 0 radical (unpaired) electrons. The standard InChI is InChI=1S/C16H14O2/c17-15-10-13(12-6-2-1-3-7-12)11-18-16-9-5-4-8-14(15)16/h1-9,13H,10-11H2. The van der Waals surface area contributed by atoms with Crippen LogP contribution in [0.4, 0.5) is 0 Å². The van der Waals surface area contributed by atoms with Gasteiger partial charge >= 0.3 is 0 Å². The number of para-hydroxylation sites is 1. The van der Waals surface area contributed by atoms with Crippen molar-refractivity contribution in [2.45, 2.75) is 12.3 Å². The van der Waals surface area contributed by atoms with Gasteiger partial charge in [-0.15, -0.1) is 0 Å². The van der Waals surface area contributed by atoms with Crippen LogP contribution in [-0.2, 0) is 0 Å². The zero-order valence-corrected chi connectivity index (χ0v) is 10.0. The molecule has 0 aliphatic carbocycles. The summed E-state index contributed by atoms with van der Waals surface area (Å²) in [5, 5.41) is 0. The van der Waals surface area contributed by atoms with Crippen LogP contribution in [-0.4, -0.2) is 12.4 Å². The van der Waals surface area contributed by atoms with Gasteiger partial charge in [0.05, 0.1) is 12.2 Å². The zero-order valence-electron chi connectivity index (χ0n) is 10.0. The van der Waals surface area contributed by atoms with Crippen molar-refractivity contribution in [3.8, 4) is 5.75 Å². The highest BCUT2D eigenvalue weighted by Gasteiger charge is 2.24. The Balaban J connectivity index is 1.91. The molecule has 2 aromatic rings. The first-order valence-corrected chi connectivity index (χ1v) is 6.14. The third-order valence-electron chi connectivity index (χ3n) is 3.33. The van der Waals surface area contributed by atoms with Crippen molar-refractivity contribution >= 4 is 5.78 Å². The molecule has 1 aliphatic heterocycles. The third kappa shape index (κ3) is 2.02. The highest BCUT2D eigenvalue weighted by Crippen LogP contribution is 2.30. The van der Waals surface area contributed by atoms with Gasteiger partial charge < -0.3 is 4.74 Å². The first-order valence-electron chi connectivity index (χ1n) is 6.14. The van der Waals surface area contributed by atoms with Crippen LogP contribution in [0.25, 0.3) is 0 Å². The summed E-state index contributed by atoms with van der Waals surface area (Å²) in [6.07, 6.45) is 0.515. The molecule has 3 rings (SSSR count). The summed E-state index contributed by atoms with van der Waals surface area (Å²) in [6.45, 7) is 0.562. The first-order chi connectivity index (χ1) is 8.84. The van der Waals surface area contributed by atoms with Crippen LogP contribution in [0.5, 0.6) is 5.75 Å². The average molecular weight is 238 g/mol. The second-order valence-corrected chi connectivity index (χ2v) is 4.54. The van der Waals surface area contributed by atoms with E-state index < -0.39 is 0 Å². The molecular weight excluding hydrogens is 224 g/mol. The van der Waals surface area contributed by atoms with E-state index in [0.717, 1.165) is 0 Å². The molecule has 1 unspecified atom stereocenters. The molecular formula is C16H14O2. The Labute approximate surface area is 106 Å². The number of hydrogen-bond acceptors (Lipinski definition) is 2. The van der Waals surface area contributed by atoms with Gasteiger partial charge in [-0.2, -0.15) is 0 Å². The maximum Gasteiger partial charge on any atom is 0.167 e. The van der Waals surface area contributed by atoms with E-state index >= 15 is 0 Å². The minimum Gasteiger partial charge on any atom is -0.492 e. The summed E-state index contributed by atoms with van der Waals surface area (Å²) >= 11 is 0. The lowest BCUT2D eigenvalue weighted by molar-refractivity contribution is 0.0976. The Morgan fingerprint density at radius 3 is 2.50 bits per heavy atom. The van der Waals surface area contributed by atoms with Gasteiger partial charge in [-0.1, -0.05) is 42.5 Å². The fourth-order valence-corrected chi connectivity index (χ4v) is 2.35. The molecule has 0 spiro atoms. The van der Waals surface area contributed by atoms with Gasteiger partial charge in [0.1, 0.15) is 5.75 Å². The number of rotatable bonds is 1. The van der Waals surface area contributed by atoms with Gasteiger partial charge in [-0.3, -0.25) is 4.79 Å². The Morgan fingerprint density at radius 2 is 1.67 bits per heavy atom. The first kappa shape index (κ1) is 11.0. The number of Topliss-reactive ketones (excluding diaryl/α,β-unsaturated/α-hetero) is 1. The Kier molecular flexibility index (Phi) is 2.85. The molecule has 0 aromatic heterocycles. The molecule has 2 heteroatoms. The van der Waals surface area contributed by atoms with E-state index in [1.807, 2.05) is 42.5 Å². The lowest BCUT2D eigenvalue weighted by Crippen LogP contribution is -2.10. The summed E-state index contributed by atoms with van der Waals surface area (Å²) in [5.41, 5.74) is 1.87. The second-order valence-electron chi connectivity index (χ2n) is 4.54. The third-order valence-corrected chi connectivity index (χ3v) is 3.33. The molecule has 2 aromatic carbocycles. The van der Waals surface area contributed by atoms with E-state index in [1.165, 1.54) is 5.56 Å². The van der Waals surface area contributed by atoms with E-state index in [4.69, 9.17) is 4.74 Å². The van der Waals surface area contributed by atoms with Gasteiger partial charge in [-0.25, -0.2) is 0 Å². The van der Waals surface area contributed by atoms with E-state index in [-0.39, 0.29) is 11.7 Å². The monoisotopic (exact) mass is 238 g/mol. The Hall–Kier alpha value is -2.09. The predicted octanol–water partition coefficient (Wildman–Crippen LogP) is 3.44. The minimum atomic E-state index is 0.145. The number of benzene rings is 2. The number of carbonyl (C=O) groups is 1. The fraction of sp³-hybridized carbons (Fsp3) is 0.188. The number of carbonyl (C=O) groups excluding carboxylic acids is 1. The van der Waals surface area contributed by atoms with E-state index in [0.29, 0.717) is 24.3 Å².